The molecule has 1 aliphatic rings. The molecule has 0 saturated heterocycles. The number of nitrogens with zero attached hydrogens (tertiary/aromatic N) is 4. The first-order valence-electron chi connectivity index (χ1n) is 9.66. The van der Waals surface area contributed by atoms with Gasteiger partial charge in [0.05, 0.1) is 17.4 Å². The molecular formula is C22H16ClFN6. The van der Waals surface area contributed by atoms with Crippen LogP contribution in [0, 0.1) is 5.82 Å². The second kappa shape index (κ2) is 6.53. The zero-order valence-corrected chi connectivity index (χ0v) is 16.5. The van der Waals surface area contributed by atoms with E-state index in [-0.39, 0.29) is 5.02 Å². The van der Waals surface area contributed by atoms with Gasteiger partial charge in [-0.2, -0.15) is 0 Å². The fourth-order valence-electron chi connectivity index (χ4n) is 4.49. The highest BCUT2D eigenvalue weighted by Crippen LogP contribution is 2.42. The quantitative estimate of drug-likeness (QED) is 0.432. The molecule has 8 heteroatoms. The number of hydrogen-bond donors (Lipinski definition) is 2. The molecule has 0 bridgehead atoms. The third-order valence-electron chi connectivity index (χ3n) is 5.79. The minimum atomic E-state index is -0.421. The van der Waals surface area contributed by atoms with Crippen molar-refractivity contribution >= 4 is 39.5 Å². The van der Waals surface area contributed by atoms with Gasteiger partial charge in [-0.05, 0) is 24.1 Å². The van der Waals surface area contributed by atoms with Crippen molar-refractivity contribution in [3.8, 4) is 0 Å². The number of halogens is 2. The number of para-hydroxylation sites is 1. The lowest BCUT2D eigenvalue weighted by molar-refractivity contribution is 0.567. The van der Waals surface area contributed by atoms with Gasteiger partial charge in [-0.3, -0.25) is 0 Å². The predicted octanol–water partition coefficient (Wildman–Crippen LogP) is 4.78. The van der Waals surface area contributed by atoms with Crippen LogP contribution >= 0.6 is 11.6 Å². The van der Waals surface area contributed by atoms with E-state index in [0.717, 1.165) is 28.5 Å². The van der Waals surface area contributed by atoms with Gasteiger partial charge < -0.3 is 14.9 Å². The van der Waals surface area contributed by atoms with Crippen LogP contribution < -0.4 is 4.90 Å². The number of fused-ring (bicyclic) bond motifs is 4. The molecule has 4 heterocycles. The van der Waals surface area contributed by atoms with Crippen LogP contribution in [0.3, 0.4) is 0 Å². The highest BCUT2D eigenvalue weighted by atomic mass is 35.5. The summed E-state index contributed by atoms with van der Waals surface area (Å²) in [7, 11) is 0. The normalized spacial score (nSPS) is 16.3. The largest absolute Gasteiger partial charge is 0.356 e. The molecule has 1 aliphatic heterocycles. The van der Waals surface area contributed by atoms with Crippen LogP contribution in [0.25, 0.3) is 22.1 Å². The number of benzene rings is 2. The molecular weight excluding hydrogens is 403 g/mol. The molecule has 6 nitrogen and oxygen atoms in total. The molecule has 0 spiro atoms. The van der Waals surface area contributed by atoms with Gasteiger partial charge in [-0.15, -0.1) is 0 Å². The zero-order valence-electron chi connectivity index (χ0n) is 15.7. The average molecular weight is 419 g/mol. The smallest absolute Gasteiger partial charge is 0.182 e. The summed E-state index contributed by atoms with van der Waals surface area (Å²) in [5, 5.41) is 1.26. The molecule has 6 rings (SSSR count). The molecule has 0 fully saturated rings. The summed E-state index contributed by atoms with van der Waals surface area (Å²) in [6.07, 6.45) is 3.89. The summed E-state index contributed by atoms with van der Waals surface area (Å²) in [6, 6.07) is 12.9. The first-order valence-corrected chi connectivity index (χ1v) is 10.0. The van der Waals surface area contributed by atoms with E-state index in [0.29, 0.717) is 23.6 Å². The van der Waals surface area contributed by atoms with Crippen LogP contribution in [0.15, 0.2) is 55.1 Å². The van der Waals surface area contributed by atoms with Crippen molar-refractivity contribution in [3.63, 3.8) is 0 Å². The molecule has 2 N–H and O–H groups in total. The Labute approximate surface area is 175 Å². The Morgan fingerprint density at radius 2 is 1.97 bits per heavy atom. The molecule has 30 heavy (non-hydrogen) atoms. The van der Waals surface area contributed by atoms with Crippen molar-refractivity contribution in [1.82, 2.24) is 24.9 Å². The van der Waals surface area contributed by atoms with Crippen LogP contribution in [0.2, 0.25) is 5.02 Å². The van der Waals surface area contributed by atoms with Crippen LogP contribution in [-0.2, 0) is 6.42 Å². The van der Waals surface area contributed by atoms with Crippen molar-refractivity contribution in [2.75, 3.05) is 11.4 Å². The molecule has 3 aromatic heterocycles. The molecule has 0 radical (unpaired) electrons. The van der Waals surface area contributed by atoms with Gasteiger partial charge >= 0.3 is 0 Å². The van der Waals surface area contributed by atoms with E-state index in [2.05, 4.69) is 35.9 Å². The Balaban J connectivity index is 1.63. The molecule has 0 saturated carbocycles. The number of aromatic nitrogens is 5. The average Bonchev–Trinajstić information content (AvgIpc) is 3.39. The molecule has 0 aliphatic carbocycles. The van der Waals surface area contributed by atoms with Crippen LogP contribution in [0.1, 0.15) is 22.9 Å². The molecule has 1 atom stereocenters. The van der Waals surface area contributed by atoms with Crippen molar-refractivity contribution in [3.05, 3.63) is 82.8 Å². The Morgan fingerprint density at radius 1 is 1.07 bits per heavy atom. The Kier molecular flexibility index (Phi) is 3.79. The van der Waals surface area contributed by atoms with Crippen molar-refractivity contribution in [2.45, 2.75) is 12.5 Å². The highest BCUT2D eigenvalue weighted by molar-refractivity contribution is 6.30. The zero-order chi connectivity index (χ0) is 20.2. The van der Waals surface area contributed by atoms with Crippen molar-refractivity contribution < 1.29 is 4.39 Å². The maximum absolute atomic E-state index is 15.3. The van der Waals surface area contributed by atoms with E-state index in [1.807, 2.05) is 18.2 Å². The van der Waals surface area contributed by atoms with E-state index >= 15 is 4.39 Å². The van der Waals surface area contributed by atoms with Crippen LogP contribution in [0.5, 0.6) is 0 Å². The first-order chi connectivity index (χ1) is 14.7. The molecule has 148 valence electrons. The lowest BCUT2D eigenvalue weighted by Gasteiger charge is -2.37. The molecule has 0 unspecified atom stereocenters. The van der Waals surface area contributed by atoms with E-state index in [1.54, 1.807) is 24.5 Å². The number of nitrogens with one attached hydrogen (secondary N) is 2. The summed E-state index contributed by atoms with van der Waals surface area (Å²) in [6.45, 7) is 0.663. The predicted molar refractivity (Wildman–Crippen MR) is 114 cm³/mol. The Bertz CT molecular complexity index is 1410. The van der Waals surface area contributed by atoms with Crippen LogP contribution in [0.4, 0.5) is 10.2 Å². The Morgan fingerprint density at radius 3 is 2.90 bits per heavy atom. The molecule has 5 aromatic rings. The summed E-state index contributed by atoms with van der Waals surface area (Å²) in [5.41, 5.74) is 4.99. The SMILES string of the molecule is Fc1c(Cl)cccc1[C@H]1c2[nH]c3ccccc3c2CCN1c1ncnc2nc[nH]c12. The fraction of sp³-hybridized carbons (Fsp3) is 0.136. The standard InChI is InChI=1S/C22H16ClFN6/c23-15-6-3-5-14(17(15)24)20-18-13(12-4-1-2-7-16(12)29-18)8-9-30(20)22-19-21(26-10-25-19)27-11-28-22/h1-7,10-11,20,29H,8-9H2,(H,25,26,27,28)/t20-/m0/s1. The number of H-pyrrole nitrogens is 2. The van der Waals surface area contributed by atoms with Crippen molar-refractivity contribution in [1.29, 1.82) is 0 Å². The number of hydrogen-bond acceptors (Lipinski definition) is 4. The number of anilines is 1. The monoisotopic (exact) mass is 418 g/mol. The lowest BCUT2D eigenvalue weighted by Crippen LogP contribution is -2.37. The third kappa shape index (κ3) is 2.45. The van der Waals surface area contributed by atoms with Gasteiger partial charge in [0.25, 0.3) is 0 Å². The van der Waals surface area contributed by atoms with Gasteiger partial charge in [-0.25, -0.2) is 19.3 Å². The molecule has 2 aromatic carbocycles. The maximum atomic E-state index is 15.3. The minimum absolute atomic E-state index is 0.102. The van der Waals surface area contributed by atoms with Gasteiger partial charge in [0.15, 0.2) is 11.5 Å². The van der Waals surface area contributed by atoms with Gasteiger partial charge in [0.2, 0.25) is 0 Å². The maximum Gasteiger partial charge on any atom is 0.182 e. The fourth-order valence-corrected chi connectivity index (χ4v) is 4.68. The van der Waals surface area contributed by atoms with E-state index < -0.39 is 11.9 Å². The number of aromatic amines is 2. The second-order valence-corrected chi connectivity index (χ2v) is 7.76. The molecule has 0 amide bonds. The number of imidazole rings is 1. The number of rotatable bonds is 2. The third-order valence-corrected chi connectivity index (χ3v) is 6.08. The summed E-state index contributed by atoms with van der Waals surface area (Å²) < 4.78 is 15.3. The highest BCUT2D eigenvalue weighted by Gasteiger charge is 2.35. The summed E-state index contributed by atoms with van der Waals surface area (Å²) >= 11 is 6.16. The van der Waals surface area contributed by atoms with E-state index in [4.69, 9.17) is 11.6 Å². The lowest BCUT2D eigenvalue weighted by atomic mass is 9.92. The van der Waals surface area contributed by atoms with E-state index in [9.17, 15) is 0 Å². The van der Waals surface area contributed by atoms with E-state index in [1.165, 1.54) is 11.9 Å². The van der Waals surface area contributed by atoms with Gasteiger partial charge in [0, 0.05) is 28.7 Å². The Hall–Kier alpha value is -3.45. The van der Waals surface area contributed by atoms with Gasteiger partial charge in [-0.1, -0.05) is 41.9 Å². The minimum Gasteiger partial charge on any atom is -0.356 e. The van der Waals surface area contributed by atoms with Gasteiger partial charge in [0.1, 0.15) is 17.7 Å². The van der Waals surface area contributed by atoms with Crippen LogP contribution in [-0.4, -0.2) is 31.5 Å². The first kappa shape index (κ1) is 17.4. The van der Waals surface area contributed by atoms with Crippen molar-refractivity contribution in [2.24, 2.45) is 0 Å². The topological polar surface area (TPSA) is 73.5 Å². The summed E-state index contributed by atoms with van der Waals surface area (Å²) in [4.78, 5) is 21.8. The summed E-state index contributed by atoms with van der Waals surface area (Å²) in [5.74, 6) is 0.266. The second-order valence-electron chi connectivity index (χ2n) is 7.35.